The van der Waals surface area contributed by atoms with Crippen LogP contribution in [0.2, 0.25) is 0 Å². The summed E-state index contributed by atoms with van der Waals surface area (Å²) in [6, 6.07) is 0. The molecule has 1 unspecified atom stereocenters. The highest BCUT2D eigenvalue weighted by Gasteiger charge is 2.37. The highest BCUT2D eigenvalue weighted by atomic mass is 16.5. The summed E-state index contributed by atoms with van der Waals surface area (Å²) < 4.78 is 5.53. The topological polar surface area (TPSA) is 51.0 Å². The highest BCUT2D eigenvalue weighted by Crippen LogP contribution is 2.34. The molecule has 1 aliphatic rings. The van der Waals surface area contributed by atoms with E-state index in [2.05, 4.69) is 43.2 Å². The lowest BCUT2D eigenvalue weighted by Crippen LogP contribution is -2.40. The third kappa shape index (κ3) is 3.56. The van der Waals surface area contributed by atoms with Crippen molar-refractivity contribution >= 4 is 0 Å². The number of rotatable bonds is 5. The highest BCUT2D eigenvalue weighted by molar-refractivity contribution is 5.05. The van der Waals surface area contributed by atoms with Crippen LogP contribution in [0.3, 0.4) is 0 Å². The lowest BCUT2D eigenvalue weighted by molar-refractivity contribution is 0.196. The molecule has 0 aromatic carbocycles. The van der Waals surface area contributed by atoms with E-state index in [1.54, 1.807) is 0 Å². The summed E-state index contributed by atoms with van der Waals surface area (Å²) in [5, 5.41) is 7.61. The number of aryl methyl sites for hydroxylation is 1. The van der Waals surface area contributed by atoms with Crippen LogP contribution in [-0.2, 0) is 11.8 Å². The maximum absolute atomic E-state index is 5.53. The Morgan fingerprint density at radius 2 is 2.21 bits per heavy atom. The Morgan fingerprint density at radius 1 is 1.42 bits per heavy atom. The second-order valence-corrected chi connectivity index (χ2v) is 6.71. The average Bonchev–Trinajstić information content (AvgIpc) is 2.87. The summed E-state index contributed by atoms with van der Waals surface area (Å²) >= 11 is 0. The van der Waals surface area contributed by atoms with Crippen molar-refractivity contribution in [3.63, 3.8) is 0 Å². The first-order valence-electron chi connectivity index (χ1n) is 7.54. The Morgan fingerprint density at radius 3 is 2.84 bits per heavy atom. The number of hydrogen-bond donors (Lipinski definition) is 1. The molecule has 0 bridgehead atoms. The third-order valence-corrected chi connectivity index (χ3v) is 4.28. The van der Waals surface area contributed by atoms with Crippen molar-refractivity contribution < 1.29 is 4.52 Å². The lowest BCUT2D eigenvalue weighted by Gasteiger charge is -2.34. The first-order chi connectivity index (χ1) is 9.00. The van der Waals surface area contributed by atoms with Gasteiger partial charge in [-0.3, -0.25) is 0 Å². The van der Waals surface area contributed by atoms with Gasteiger partial charge < -0.3 is 9.84 Å². The van der Waals surface area contributed by atoms with Crippen LogP contribution in [0.5, 0.6) is 0 Å². The van der Waals surface area contributed by atoms with Crippen molar-refractivity contribution in [2.45, 2.75) is 58.8 Å². The molecule has 1 aliphatic heterocycles. The maximum atomic E-state index is 5.53. The predicted molar refractivity (Wildman–Crippen MR) is 76.1 cm³/mol. The Kier molecular flexibility index (Phi) is 4.61. The van der Waals surface area contributed by atoms with E-state index in [4.69, 9.17) is 4.52 Å². The number of nitrogens with one attached hydrogen (secondary N) is 1. The molecule has 0 spiro atoms. The zero-order chi connectivity index (χ0) is 13.9. The molecule has 1 N–H and O–H groups in total. The number of piperidine rings is 1. The quantitative estimate of drug-likeness (QED) is 0.889. The zero-order valence-corrected chi connectivity index (χ0v) is 12.7. The summed E-state index contributed by atoms with van der Waals surface area (Å²) in [7, 11) is 0. The van der Waals surface area contributed by atoms with E-state index in [0.717, 1.165) is 37.6 Å². The summed E-state index contributed by atoms with van der Waals surface area (Å²) in [5.41, 5.74) is -0.0312. The summed E-state index contributed by atoms with van der Waals surface area (Å²) in [5.74, 6) is 2.93. The van der Waals surface area contributed by atoms with Gasteiger partial charge in [-0.2, -0.15) is 4.98 Å². The zero-order valence-electron chi connectivity index (χ0n) is 12.7. The standard InChI is InChI=1S/C15H27N3O/c1-11(2)7-8-13-17-14(19-18-13)15(3,4)12-6-5-9-16-10-12/h11-12,16H,5-10H2,1-4H3. The van der Waals surface area contributed by atoms with Crippen molar-refractivity contribution in [3.8, 4) is 0 Å². The molecular formula is C15H27N3O. The molecule has 1 aromatic rings. The smallest absolute Gasteiger partial charge is 0.232 e. The molecule has 0 radical (unpaired) electrons. The van der Waals surface area contributed by atoms with Crippen LogP contribution in [-0.4, -0.2) is 23.2 Å². The van der Waals surface area contributed by atoms with Crippen molar-refractivity contribution in [3.05, 3.63) is 11.7 Å². The lowest BCUT2D eigenvalue weighted by atomic mass is 9.75. The normalized spacial score (nSPS) is 21.0. The Hall–Kier alpha value is -0.900. The summed E-state index contributed by atoms with van der Waals surface area (Å²) in [4.78, 5) is 4.62. The molecule has 1 saturated heterocycles. The van der Waals surface area contributed by atoms with Crippen LogP contribution < -0.4 is 5.32 Å². The number of hydrogen-bond acceptors (Lipinski definition) is 4. The van der Waals surface area contributed by atoms with Crippen LogP contribution in [0.4, 0.5) is 0 Å². The van der Waals surface area contributed by atoms with Gasteiger partial charge in [0.15, 0.2) is 5.82 Å². The molecule has 19 heavy (non-hydrogen) atoms. The van der Waals surface area contributed by atoms with Crippen LogP contribution in [0, 0.1) is 11.8 Å². The fourth-order valence-electron chi connectivity index (χ4n) is 2.68. The van der Waals surface area contributed by atoms with Crippen LogP contribution in [0.25, 0.3) is 0 Å². The fourth-order valence-corrected chi connectivity index (χ4v) is 2.68. The SMILES string of the molecule is CC(C)CCc1noc(C(C)(C)C2CCCNC2)n1. The summed E-state index contributed by atoms with van der Waals surface area (Å²) in [6.45, 7) is 11.1. The van der Waals surface area contributed by atoms with Gasteiger partial charge in [0.25, 0.3) is 0 Å². The molecule has 0 amide bonds. The van der Waals surface area contributed by atoms with Gasteiger partial charge in [-0.05, 0) is 44.2 Å². The second kappa shape index (κ2) is 6.04. The first-order valence-corrected chi connectivity index (χ1v) is 7.54. The van der Waals surface area contributed by atoms with Crippen molar-refractivity contribution in [2.75, 3.05) is 13.1 Å². The monoisotopic (exact) mass is 265 g/mol. The van der Waals surface area contributed by atoms with E-state index in [1.807, 2.05) is 0 Å². The number of aromatic nitrogens is 2. The average molecular weight is 265 g/mol. The van der Waals surface area contributed by atoms with Gasteiger partial charge in [0.2, 0.25) is 5.89 Å². The molecule has 0 aliphatic carbocycles. The van der Waals surface area contributed by atoms with Crippen LogP contribution in [0.1, 0.15) is 58.7 Å². The van der Waals surface area contributed by atoms with Gasteiger partial charge in [0.1, 0.15) is 0 Å². The fraction of sp³-hybridized carbons (Fsp3) is 0.867. The minimum absolute atomic E-state index is 0.0312. The molecule has 1 atom stereocenters. The Labute approximate surface area is 116 Å². The number of nitrogens with zero attached hydrogens (tertiary/aromatic N) is 2. The largest absolute Gasteiger partial charge is 0.339 e. The van der Waals surface area contributed by atoms with Gasteiger partial charge in [-0.15, -0.1) is 0 Å². The predicted octanol–water partition coefficient (Wildman–Crippen LogP) is 2.94. The molecule has 4 heteroatoms. The minimum atomic E-state index is -0.0312. The second-order valence-electron chi connectivity index (χ2n) is 6.71. The van der Waals surface area contributed by atoms with E-state index in [-0.39, 0.29) is 5.41 Å². The van der Waals surface area contributed by atoms with E-state index >= 15 is 0 Å². The van der Waals surface area contributed by atoms with E-state index in [0.29, 0.717) is 11.8 Å². The summed E-state index contributed by atoms with van der Waals surface area (Å²) in [6.07, 6.45) is 4.51. The molecular weight excluding hydrogens is 238 g/mol. The molecule has 2 heterocycles. The molecule has 0 saturated carbocycles. The molecule has 4 nitrogen and oxygen atoms in total. The van der Waals surface area contributed by atoms with E-state index < -0.39 is 0 Å². The van der Waals surface area contributed by atoms with Crippen molar-refractivity contribution in [2.24, 2.45) is 11.8 Å². The van der Waals surface area contributed by atoms with Gasteiger partial charge in [-0.25, -0.2) is 0 Å². The van der Waals surface area contributed by atoms with Crippen LogP contribution in [0.15, 0.2) is 4.52 Å². The molecule has 2 rings (SSSR count). The first kappa shape index (κ1) is 14.5. The Bertz CT molecular complexity index is 392. The van der Waals surface area contributed by atoms with Gasteiger partial charge in [-0.1, -0.05) is 32.9 Å². The third-order valence-electron chi connectivity index (χ3n) is 4.28. The van der Waals surface area contributed by atoms with Gasteiger partial charge in [0.05, 0.1) is 0 Å². The van der Waals surface area contributed by atoms with Gasteiger partial charge in [0, 0.05) is 11.8 Å². The van der Waals surface area contributed by atoms with Crippen LogP contribution >= 0.6 is 0 Å². The van der Waals surface area contributed by atoms with E-state index in [9.17, 15) is 0 Å². The van der Waals surface area contributed by atoms with Crippen molar-refractivity contribution in [1.29, 1.82) is 0 Å². The van der Waals surface area contributed by atoms with Crippen molar-refractivity contribution in [1.82, 2.24) is 15.5 Å². The molecule has 1 fully saturated rings. The maximum Gasteiger partial charge on any atom is 0.232 e. The minimum Gasteiger partial charge on any atom is -0.339 e. The van der Waals surface area contributed by atoms with E-state index in [1.165, 1.54) is 12.8 Å². The Balaban J connectivity index is 2.03. The molecule has 1 aromatic heterocycles. The van der Waals surface area contributed by atoms with Gasteiger partial charge >= 0.3 is 0 Å². The molecule has 108 valence electrons.